The summed E-state index contributed by atoms with van der Waals surface area (Å²) in [5, 5.41) is 33.2. The van der Waals surface area contributed by atoms with Crippen LogP contribution in [0.15, 0.2) is 0 Å². The molecule has 3 unspecified atom stereocenters. The highest BCUT2D eigenvalue weighted by Crippen LogP contribution is 2.02. The molecule has 0 saturated carbocycles. The lowest BCUT2D eigenvalue weighted by Gasteiger charge is -2.22. The van der Waals surface area contributed by atoms with E-state index >= 15 is 0 Å². The summed E-state index contributed by atoms with van der Waals surface area (Å²) >= 11 is 1.43. The van der Waals surface area contributed by atoms with Gasteiger partial charge in [-0.15, -0.1) is 0 Å². The van der Waals surface area contributed by atoms with Crippen LogP contribution in [0, 0.1) is 0 Å². The van der Waals surface area contributed by atoms with E-state index in [1.807, 2.05) is 5.32 Å². The van der Waals surface area contributed by atoms with E-state index in [0.717, 1.165) is 0 Å². The Morgan fingerprint density at radius 2 is 1.60 bits per heavy atom. The number of aliphatic hydroxyl groups is 2. The normalized spacial score (nSPS) is 14.1. The van der Waals surface area contributed by atoms with Crippen LogP contribution in [-0.2, 0) is 19.2 Å². The third-order valence-corrected chi connectivity index (χ3v) is 3.65. The molecule has 144 valence electrons. The van der Waals surface area contributed by atoms with Crippen LogP contribution in [0.4, 0.5) is 0 Å². The number of hydrogen-bond acceptors (Lipinski definition) is 8. The molecule has 0 fully saturated rings. The Balaban J connectivity index is 4.87. The zero-order chi connectivity index (χ0) is 19.4. The summed E-state index contributed by atoms with van der Waals surface area (Å²) < 4.78 is 0. The zero-order valence-electron chi connectivity index (χ0n) is 13.7. The van der Waals surface area contributed by atoms with Gasteiger partial charge in [0.05, 0.1) is 13.2 Å². The second kappa shape index (κ2) is 12.5. The SMILES string of the molecule is CSCCC(NC(=O)C(N)CO)C(=O)NC(CO)C(=O)NCC(=O)O. The van der Waals surface area contributed by atoms with E-state index in [1.165, 1.54) is 11.8 Å². The van der Waals surface area contributed by atoms with E-state index in [4.69, 9.17) is 15.9 Å². The molecular weight excluding hydrogens is 356 g/mol. The predicted octanol–water partition coefficient (Wildman–Crippen LogP) is -3.78. The molecule has 3 amide bonds. The predicted molar refractivity (Wildman–Crippen MR) is 89.7 cm³/mol. The van der Waals surface area contributed by atoms with Crippen LogP contribution < -0.4 is 21.7 Å². The molecule has 0 aromatic heterocycles. The minimum absolute atomic E-state index is 0.228. The smallest absolute Gasteiger partial charge is 0.322 e. The number of carbonyl (C=O) groups is 4. The van der Waals surface area contributed by atoms with Crippen molar-refractivity contribution in [2.75, 3.05) is 31.8 Å². The van der Waals surface area contributed by atoms with Gasteiger partial charge in [0.25, 0.3) is 0 Å². The van der Waals surface area contributed by atoms with Gasteiger partial charge in [0.15, 0.2) is 0 Å². The van der Waals surface area contributed by atoms with Gasteiger partial charge < -0.3 is 37.0 Å². The Hall–Kier alpha value is -1.89. The Morgan fingerprint density at radius 1 is 1.00 bits per heavy atom. The van der Waals surface area contributed by atoms with Crippen LogP contribution in [0.1, 0.15) is 6.42 Å². The van der Waals surface area contributed by atoms with E-state index in [1.54, 1.807) is 6.26 Å². The lowest BCUT2D eigenvalue weighted by molar-refractivity contribution is -0.139. The van der Waals surface area contributed by atoms with Crippen molar-refractivity contribution in [1.82, 2.24) is 16.0 Å². The topological polar surface area (TPSA) is 191 Å². The van der Waals surface area contributed by atoms with Gasteiger partial charge in [0.1, 0.15) is 24.7 Å². The minimum atomic E-state index is -1.37. The van der Waals surface area contributed by atoms with Crippen molar-refractivity contribution in [1.29, 1.82) is 0 Å². The molecule has 0 saturated heterocycles. The summed E-state index contributed by atoms with van der Waals surface area (Å²) in [6.45, 7) is -2.01. The first kappa shape index (κ1) is 23.1. The van der Waals surface area contributed by atoms with Crippen LogP contribution in [0.3, 0.4) is 0 Å². The Bertz CT molecular complexity index is 477. The number of aliphatic carboxylic acids is 1. The van der Waals surface area contributed by atoms with Crippen LogP contribution in [0.2, 0.25) is 0 Å². The third kappa shape index (κ3) is 9.24. The molecule has 8 N–H and O–H groups in total. The first-order chi connectivity index (χ1) is 11.8. The Kier molecular flexibility index (Phi) is 11.5. The largest absolute Gasteiger partial charge is 0.480 e. The van der Waals surface area contributed by atoms with E-state index < -0.39 is 61.6 Å². The van der Waals surface area contributed by atoms with E-state index in [0.29, 0.717) is 5.75 Å². The molecule has 0 aromatic carbocycles. The molecule has 0 aliphatic heterocycles. The van der Waals surface area contributed by atoms with Gasteiger partial charge in [-0.2, -0.15) is 11.8 Å². The highest BCUT2D eigenvalue weighted by atomic mass is 32.2. The maximum atomic E-state index is 12.3. The molecule has 0 aliphatic rings. The number of nitrogens with two attached hydrogens (primary N) is 1. The second-order valence-electron chi connectivity index (χ2n) is 4.99. The highest BCUT2D eigenvalue weighted by Gasteiger charge is 2.27. The molecule has 0 heterocycles. The van der Waals surface area contributed by atoms with Gasteiger partial charge >= 0.3 is 5.97 Å². The summed E-state index contributed by atoms with van der Waals surface area (Å²) in [6.07, 6.45) is 2.03. The summed E-state index contributed by atoms with van der Waals surface area (Å²) in [5.74, 6) is -3.11. The molecule has 12 heteroatoms. The van der Waals surface area contributed by atoms with Crippen molar-refractivity contribution in [2.45, 2.75) is 24.5 Å². The van der Waals surface area contributed by atoms with Crippen molar-refractivity contribution in [3.63, 3.8) is 0 Å². The number of thioether (sulfide) groups is 1. The number of carboxylic acids is 1. The molecular formula is C13H24N4O7S. The monoisotopic (exact) mass is 380 g/mol. The number of carboxylic acid groups (broad SMARTS) is 1. The van der Waals surface area contributed by atoms with Gasteiger partial charge in [-0.25, -0.2) is 0 Å². The fourth-order valence-corrected chi connectivity index (χ4v) is 2.09. The molecule has 0 aliphatic carbocycles. The summed E-state index contributed by atoms with van der Waals surface area (Å²) in [5.41, 5.74) is 5.38. The first-order valence-corrected chi connectivity index (χ1v) is 8.72. The van der Waals surface area contributed by atoms with Crippen molar-refractivity contribution in [3.05, 3.63) is 0 Å². The maximum Gasteiger partial charge on any atom is 0.322 e. The fraction of sp³-hybridized carbons (Fsp3) is 0.692. The number of nitrogens with one attached hydrogen (secondary N) is 3. The van der Waals surface area contributed by atoms with Gasteiger partial charge in [-0.3, -0.25) is 19.2 Å². The Morgan fingerprint density at radius 3 is 2.08 bits per heavy atom. The standard InChI is InChI=1S/C13H24N4O7S/c1-25-3-2-8(16-11(22)7(14)5-18)13(24)17-9(6-19)12(23)15-4-10(20)21/h7-9,18-19H,2-6,14H2,1H3,(H,15,23)(H,16,22)(H,17,24)(H,20,21). The van der Waals surface area contributed by atoms with Crippen LogP contribution >= 0.6 is 11.8 Å². The van der Waals surface area contributed by atoms with Gasteiger partial charge in [0.2, 0.25) is 17.7 Å². The maximum absolute atomic E-state index is 12.3. The quantitative estimate of drug-likeness (QED) is 0.178. The third-order valence-electron chi connectivity index (χ3n) is 3.01. The average Bonchev–Trinajstić information content (AvgIpc) is 2.59. The van der Waals surface area contributed by atoms with Gasteiger partial charge in [-0.05, 0) is 18.4 Å². The van der Waals surface area contributed by atoms with Crippen molar-refractivity contribution in [2.24, 2.45) is 5.73 Å². The molecule has 0 aromatic rings. The van der Waals surface area contributed by atoms with E-state index in [2.05, 4.69) is 10.6 Å². The molecule has 25 heavy (non-hydrogen) atoms. The van der Waals surface area contributed by atoms with Crippen LogP contribution in [-0.4, -0.2) is 88.9 Å². The number of aliphatic hydroxyl groups excluding tert-OH is 2. The zero-order valence-corrected chi connectivity index (χ0v) is 14.5. The molecule has 0 bridgehead atoms. The highest BCUT2D eigenvalue weighted by molar-refractivity contribution is 7.98. The van der Waals surface area contributed by atoms with Crippen molar-refractivity contribution in [3.8, 4) is 0 Å². The lowest BCUT2D eigenvalue weighted by Crippen LogP contribution is -2.57. The number of carbonyl (C=O) groups excluding carboxylic acids is 3. The average molecular weight is 380 g/mol. The van der Waals surface area contributed by atoms with E-state index in [9.17, 15) is 24.3 Å². The Labute approximate surface area is 148 Å². The number of rotatable bonds is 12. The van der Waals surface area contributed by atoms with Crippen LogP contribution in [0.5, 0.6) is 0 Å². The lowest BCUT2D eigenvalue weighted by atomic mass is 10.1. The molecule has 0 spiro atoms. The summed E-state index contributed by atoms with van der Waals surface area (Å²) in [7, 11) is 0. The van der Waals surface area contributed by atoms with Gasteiger partial charge in [0, 0.05) is 0 Å². The first-order valence-electron chi connectivity index (χ1n) is 7.33. The second-order valence-corrected chi connectivity index (χ2v) is 5.97. The van der Waals surface area contributed by atoms with E-state index in [-0.39, 0.29) is 6.42 Å². The fourth-order valence-electron chi connectivity index (χ4n) is 1.62. The molecule has 0 rings (SSSR count). The van der Waals surface area contributed by atoms with Crippen molar-refractivity contribution >= 4 is 35.5 Å². The molecule has 11 nitrogen and oxygen atoms in total. The van der Waals surface area contributed by atoms with Crippen LogP contribution in [0.25, 0.3) is 0 Å². The van der Waals surface area contributed by atoms with Crippen molar-refractivity contribution < 1.29 is 34.5 Å². The number of hydrogen-bond donors (Lipinski definition) is 7. The minimum Gasteiger partial charge on any atom is -0.480 e. The summed E-state index contributed by atoms with van der Waals surface area (Å²) in [6, 6.07) is -3.59. The molecule has 0 radical (unpaired) electrons. The summed E-state index contributed by atoms with van der Waals surface area (Å²) in [4.78, 5) is 46.2. The van der Waals surface area contributed by atoms with Gasteiger partial charge in [-0.1, -0.05) is 0 Å². The number of amides is 3. The molecule has 3 atom stereocenters.